The second-order valence-electron chi connectivity index (χ2n) is 4.23. The molecule has 0 atom stereocenters. The van der Waals surface area contributed by atoms with Gasteiger partial charge in [0.2, 0.25) is 0 Å². The number of ether oxygens (including phenoxy) is 1. The summed E-state index contributed by atoms with van der Waals surface area (Å²) in [6.45, 7) is 4.49. The first-order chi connectivity index (χ1) is 8.63. The molecule has 2 nitrogen and oxygen atoms in total. The highest BCUT2D eigenvalue weighted by Gasteiger charge is 2.10. The van der Waals surface area contributed by atoms with Crippen LogP contribution in [0.2, 0.25) is 5.02 Å². The third-order valence-corrected chi connectivity index (χ3v) is 3.33. The Balaban J connectivity index is 2.43. The molecule has 2 aromatic carbocycles. The van der Waals surface area contributed by atoms with Crippen molar-refractivity contribution in [1.29, 1.82) is 0 Å². The van der Waals surface area contributed by atoms with E-state index in [9.17, 15) is 0 Å². The van der Waals surface area contributed by atoms with Gasteiger partial charge in [-0.05, 0) is 37.1 Å². The smallest absolute Gasteiger partial charge is 0.150 e. The van der Waals surface area contributed by atoms with E-state index < -0.39 is 0 Å². The van der Waals surface area contributed by atoms with Gasteiger partial charge in [0.1, 0.15) is 11.5 Å². The molecule has 0 aliphatic heterocycles. The zero-order valence-electron chi connectivity index (χ0n) is 10.5. The summed E-state index contributed by atoms with van der Waals surface area (Å²) in [5.41, 5.74) is 8.91. The molecule has 0 saturated carbocycles. The van der Waals surface area contributed by atoms with Crippen LogP contribution in [0, 0.1) is 13.8 Å². The molecule has 94 valence electrons. The molecule has 0 fully saturated rings. The fraction of sp³-hybridized carbons (Fsp3) is 0.200. The number of rotatable bonds is 3. The van der Waals surface area contributed by atoms with E-state index in [1.807, 2.05) is 31.2 Å². The van der Waals surface area contributed by atoms with Gasteiger partial charge in [0.15, 0.2) is 0 Å². The number of para-hydroxylation sites is 1. The van der Waals surface area contributed by atoms with E-state index in [2.05, 4.69) is 13.0 Å². The van der Waals surface area contributed by atoms with Crippen molar-refractivity contribution >= 4 is 11.6 Å². The van der Waals surface area contributed by atoms with Crippen LogP contribution in [0.25, 0.3) is 0 Å². The predicted octanol–water partition coefficient (Wildman–Crippen LogP) is 4.21. The van der Waals surface area contributed by atoms with E-state index in [-0.39, 0.29) is 0 Å². The fourth-order valence-electron chi connectivity index (χ4n) is 1.77. The van der Waals surface area contributed by atoms with Gasteiger partial charge in [0.25, 0.3) is 0 Å². The van der Waals surface area contributed by atoms with Crippen LogP contribution in [0.5, 0.6) is 11.5 Å². The number of hydrogen-bond acceptors (Lipinski definition) is 2. The Morgan fingerprint density at radius 1 is 1.11 bits per heavy atom. The van der Waals surface area contributed by atoms with Gasteiger partial charge in [-0.3, -0.25) is 0 Å². The van der Waals surface area contributed by atoms with Gasteiger partial charge < -0.3 is 10.5 Å². The van der Waals surface area contributed by atoms with E-state index in [0.717, 1.165) is 16.9 Å². The summed E-state index contributed by atoms with van der Waals surface area (Å²) < 4.78 is 5.93. The second kappa shape index (κ2) is 5.42. The molecule has 18 heavy (non-hydrogen) atoms. The quantitative estimate of drug-likeness (QED) is 0.898. The SMILES string of the molecule is Cc1cccc(Oc2c(Cl)cccc2CN)c1C. The molecule has 0 bridgehead atoms. The molecule has 0 amide bonds. The summed E-state index contributed by atoms with van der Waals surface area (Å²) in [7, 11) is 0. The molecule has 2 rings (SSSR count). The van der Waals surface area contributed by atoms with E-state index in [1.165, 1.54) is 5.56 Å². The van der Waals surface area contributed by atoms with Crippen molar-refractivity contribution in [3.63, 3.8) is 0 Å². The average molecular weight is 262 g/mol. The van der Waals surface area contributed by atoms with Crippen molar-refractivity contribution < 1.29 is 4.74 Å². The highest BCUT2D eigenvalue weighted by molar-refractivity contribution is 6.32. The van der Waals surface area contributed by atoms with E-state index in [4.69, 9.17) is 22.1 Å². The minimum atomic E-state index is 0.404. The number of nitrogens with two attached hydrogens (primary N) is 1. The molecule has 2 N–H and O–H groups in total. The first-order valence-corrected chi connectivity index (χ1v) is 6.23. The number of aryl methyl sites for hydroxylation is 1. The number of hydrogen-bond donors (Lipinski definition) is 1. The molecule has 0 aliphatic carbocycles. The van der Waals surface area contributed by atoms with Crippen molar-refractivity contribution in [1.82, 2.24) is 0 Å². The van der Waals surface area contributed by atoms with Crippen LogP contribution in [-0.4, -0.2) is 0 Å². The Kier molecular flexibility index (Phi) is 3.90. The summed E-state index contributed by atoms with van der Waals surface area (Å²) in [4.78, 5) is 0. The van der Waals surface area contributed by atoms with E-state index in [1.54, 1.807) is 6.07 Å². The van der Waals surface area contributed by atoms with Crippen LogP contribution < -0.4 is 10.5 Å². The normalized spacial score (nSPS) is 10.4. The molecule has 3 heteroatoms. The topological polar surface area (TPSA) is 35.2 Å². The van der Waals surface area contributed by atoms with E-state index in [0.29, 0.717) is 17.3 Å². The highest BCUT2D eigenvalue weighted by atomic mass is 35.5. The summed E-state index contributed by atoms with van der Waals surface area (Å²) in [6, 6.07) is 11.6. The maximum atomic E-state index is 6.17. The lowest BCUT2D eigenvalue weighted by Crippen LogP contribution is -2.00. The Morgan fingerprint density at radius 3 is 2.56 bits per heavy atom. The zero-order chi connectivity index (χ0) is 13.1. The molecule has 0 spiro atoms. The van der Waals surface area contributed by atoms with Gasteiger partial charge in [-0.1, -0.05) is 35.9 Å². The molecule has 0 unspecified atom stereocenters. The summed E-state index contributed by atoms with van der Waals surface area (Å²) >= 11 is 6.17. The number of benzene rings is 2. The maximum absolute atomic E-state index is 6.17. The van der Waals surface area contributed by atoms with Crippen LogP contribution in [-0.2, 0) is 6.54 Å². The van der Waals surface area contributed by atoms with E-state index >= 15 is 0 Å². The maximum Gasteiger partial charge on any atom is 0.150 e. The molecular formula is C15H16ClNO. The van der Waals surface area contributed by atoms with Gasteiger partial charge in [0.05, 0.1) is 5.02 Å². The molecule has 0 heterocycles. The Labute approximate surface area is 112 Å². The van der Waals surface area contributed by atoms with Crippen molar-refractivity contribution in [3.05, 3.63) is 58.1 Å². The lowest BCUT2D eigenvalue weighted by Gasteiger charge is -2.14. The summed E-state index contributed by atoms with van der Waals surface area (Å²) in [5, 5.41) is 0.582. The molecule has 0 radical (unpaired) electrons. The van der Waals surface area contributed by atoms with Gasteiger partial charge in [-0.15, -0.1) is 0 Å². The van der Waals surface area contributed by atoms with Crippen LogP contribution >= 0.6 is 11.6 Å². The monoisotopic (exact) mass is 261 g/mol. The molecule has 2 aromatic rings. The lowest BCUT2D eigenvalue weighted by atomic mass is 10.1. The van der Waals surface area contributed by atoms with Crippen LogP contribution in [0.1, 0.15) is 16.7 Å². The third kappa shape index (κ3) is 2.50. The molecule has 0 aromatic heterocycles. The van der Waals surface area contributed by atoms with Crippen LogP contribution in [0.15, 0.2) is 36.4 Å². The molecule has 0 saturated heterocycles. The van der Waals surface area contributed by atoms with Crippen LogP contribution in [0.4, 0.5) is 0 Å². The summed E-state index contributed by atoms with van der Waals surface area (Å²) in [6.07, 6.45) is 0. The van der Waals surface area contributed by atoms with Gasteiger partial charge >= 0.3 is 0 Å². The Bertz CT molecular complexity index is 566. The second-order valence-corrected chi connectivity index (χ2v) is 4.64. The summed E-state index contributed by atoms with van der Waals surface area (Å²) in [5.74, 6) is 1.47. The number of halogens is 1. The minimum Gasteiger partial charge on any atom is -0.455 e. The fourth-order valence-corrected chi connectivity index (χ4v) is 2.01. The lowest BCUT2D eigenvalue weighted by molar-refractivity contribution is 0.472. The minimum absolute atomic E-state index is 0.404. The van der Waals surface area contributed by atoms with Crippen molar-refractivity contribution in [3.8, 4) is 11.5 Å². The highest BCUT2D eigenvalue weighted by Crippen LogP contribution is 2.34. The average Bonchev–Trinajstić information content (AvgIpc) is 2.37. The third-order valence-electron chi connectivity index (χ3n) is 3.04. The standard InChI is InChI=1S/C15H16ClNO/c1-10-5-3-8-14(11(10)2)18-15-12(9-17)6-4-7-13(15)16/h3-8H,9,17H2,1-2H3. The largest absolute Gasteiger partial charge is 0.455 e. The molecule has 0 aliphatic rings. The van der Waals surface area contributed by atoms with Gasteiger partial charge in [-0.25, -0.2) is 0 Å². The first-order valence-electron chi connectivity index (χ1n) is 5.85. The van der Waals surface area contributed by atoms with Crippen molar-refractivity contribution in [2.75, 3.05) is 0 Å². The zero-order valence-corrected chi connectivity index (χ0v) is 11.3. The first kappa shape index (κ1) is 12.9. The van der Waals surface area contributed by atoms with Gasteiger partial charge in [-0.2, -0.15) is 0 Å². The Hall–Kier alpha value is -1.51. The Morgan fingerprint density at radius 2 is 1.83 bits per heavy atom. The van der Waals surface area contributed by atoms with Crippen molar-refractivity contribution in [2.24, 2.45) is 5.73 Å². The molecular weight excluding hydrogens is 246 g/mol. The van der Waals surface area contributed by atoms with Crippen molar-refractivity contribution in [2.45, 2.75) is 20.4 Å². The van der Waals surface area contributed by atoms with Crippen LogP contribution in [0.3, 0.4) is 0 Å². The van der Waals surface area contributed by atoms with Gasteiger partial charge in [0, 0.05) is 12.1 Å². The predicted molar refractivity (Wildman–Crippen MR) is 75.3 cm³/mol.